The van der Waals surface area contributed by atoms with E-state index in [1.807, 2.05) is 52.7 Å². The van der Waals surface area contributed by atoms with Crippen molar-refractivity contribution in [3.8, 4) is 0 Å². The molecule has 0 atom stereocenters. The van der Waals surface area contributed by atoms with E-state index in [2.05, 4.69) is 0 Å². The lowest BCUT2D eigenvalue weighted by Gasteiger charge is -2.29. The molecule has 2 aliphatic rings. The average Bonchev–Trinajstić information content (AvgIpc) is 3.26. The summed E-state index contributed by atoms with van der Waals surface area (Å²) in [7, 11) is 0. The molecule has 1 saturated heterocycles. The van der Waals surface area contributed by atoms with Crippen molar-refractivity contribution >= 4 is 28.7 Å². The Morgan fingerprint density at radius 2 is 1.72 bits per heavy atom. The van der Waals surface area contributed by atoms with Gasteiger partial charge in [-0.05, 0) is 17.0 Å². The number of thiophene rings is 1. The summed E-state index contributed by atoms with van der Waals surface area (Å²) in [6.45, 7) is 2.69. The molecule has 1 fully saturated rings. The topological polar surface area (TPSA) is 49.9 Å². The average molecular weight is 354 g/mol. The van der Waals surface area contributed by atoms with Gasteiger partial charge in [-0.15, -0.1) is 11.3 Å². The summed E-state index contributed by atoms with van der Waals surface area (Å²) >= 11 is 1.49. The Kier molecular flexibility index (Phi) is 4.38. The number of morpholine rings is 1. The van der Waals surface area contributed by atoms with E-state index >= 15 is 0 Å². The standard InChI is InChI=1S/C19H18N2O3S/c22-18-16(15-7-4-12-25-15)17(20-8-10-24-11-9-20)19(23)21(18)13-14-5-2-1-3-6-14/h1-7,12H,8-11,13H2. The second-order valence-corrected chi connectivity index (χ2v) is 6.93. The van der Waals surface area contributed by atoms with E-state index in [0.29, 0.717) is 44.1 Å². The second kappa shape index (κ2) is 6.82. The number of benzene rings is 1. The molecular formula is C19H18N2O3S. The molecule has 0 aliphatic carbocycles. The highest BCUT2D eigenvalue weighted by atomic mass is 32.1. The Morgan fingerprint density at radius 3 is 2.40 bits per heavy atom. The van der Waals surface area contributed by atoms with E-state index in [0.717, 1.165) is 10.4 Å². The lowest BCUT2D eigenvalue weighted by Crippen LogP contribution is -2.40. The number of nitrogens with zero attached hydrogens (tertiary/aromatic N) is 2. The number of carbonyl (C=O) groups is 2. The van der Waals surface area contributed by atoms with Crippen LogP contribution < -0.4 is 0 Å². The van der Waals surface area contributed by atoms with Crippen LogP contribution in [0.2, 0.25) is 0 Å². The molecule has 2 aromatic rings. The third-order valence-electron chi connectivity index (χ3n) is 4.42. The van der Waals surface area contributed by atoms with Gasteiger partial charge in [-0.1, -0.05) is 36.4 Å². The summed E-state index contributed by atoms with van der Waals surface area (Å²) in [5.74, 6) is -0.419. The quantitative estimate of drug-likeness (QED) is 0.791. The zero-order valence-electron chi connectivity index (χ0n) is 13.7. The Morgan fingerprint density at radius 1 is 0.960 bits per heavy atom. The second-order valence-electron chi connectivity index (χ2n) is 5.98. The number of hydrogen-bond donors (Lipinski definition) is 0. The van der Waals surface area contributed by atoms with E-state index in [-0.39, 0.29) is 11.8 Å². The minimum atomic E-state index is -0.210. The third-order valence-corrected chi connectivity index (χ3v) is 5.31. The summed E-state index contributed by atoms with van der Waals surface area (Å²) in [5.41, 5.74) is 1.99. The molecule has 0 radical (unpaired) electrons. The Hall–Kier alpha value is -2.44. The van der Waals surface area contributed by atoms with Gasteiger partial charge in [0.15, 0.2) is 0 Å². The zero-order chi connectivity index (χ0) is 17.2. The van der Waals surface area contributed by atoms with Crippen molar-refractivity contribution in [2.24, 2.45) is 0 Å². The maximum Gasteiger partial charge on any atom is 0.278 e. The fraction of sp³-hybridized carbons (Fsp3) is 0.263. The van der Waals surface area contributed by atoms with Crippen LogP contribution >= 0.6 is 11.3 Å². The highest BCUT2D eigenvalue weighted by Gasteiger charge is 2.42. The van der Waals surface area contributed by atoms with Crippen LogP contribution in [0.4, 0.5) is 0 Å². The van der Waals surface area contributed by atoms with E-state index in [4.69, 9.17) is 4.74 Å². The first-order chi connectivity index (χ1) is 12.3. The van der Waals surface area contributed by atoms with Crippen LogP contribution in [0.15, 0.2) is 53.5 Å². The van der Waals surface area contributed by atoms with Gasteiger partial charge in [-0.2, -0.15) is 0 Å². The molecule has 2 amide bonds. The van der Waals surface area contributed by atoms with Crippen molar-refractivity contribution in [2.75, 3.05) is 26.3 Å². The maximum atomic E-state index is 13.1. The molecule has 0 unspecified atom stereocenters. The summed E-state index contributed by atoms with van der Waals surface area (Å²) in [6, 6.07) is 13.4. The van der Waals surface area contributed by atoms with Gasteiger partial charge in [0, 0.05) is 18.0 Å². The van der Waals surface area contributed by atoms with Crippen LogP contribution in [0.5, 0.6) is 0 Å². The van der Waals surface area contributed by atoms with E-state index < -0.39 is 0 Å². The predicted octanol–water partition coefficient (Wildman–Crippen LogP) is 2.36. The molecule has 1 aromatic carbocycles. The van der Waals surface area contributed by atoms with Crippen molar-refractivity contribution in [3.63, 3.8) is 0 Å². The monoisotopic (exact) mass is 354 g/mol. The fourth-order valence-corrected chi connectivity index (χ4v) is 3.96. The molecular weight excluding hydrogens is 336 g/mol. The SMILES string of the molecule is O=C1C(c2cccs2)=C(N2CCOCC2)C(=O)N1Cc1ccccc1. The van der Waals surface area contributed by atoms with Gasteiger partial charge in [0.2, 0.25) is 0 Å². The van der Waals surface area contributed by atoms with E-state index in [9.17, 15) is 9.59 Å². The molecule has 5 nitrogen and oxygen atoms in total. The number of amides is 2. The molecule has 4 rings (SSSR count). The van der Waals surface area contributed by atoms with Crippen molar-refractivity contribution in [1.82, 2.24) is 9.80 Å². The molecule has 2 aliphatic heterocycles. The molecule has 0 spiro atoms. The molecule has 0 bridgehead atoms. The van der Waals surface area contributed by atoms with E-state index in [1.165, 1.54) is 16.2 Å². The predicted molar refractivity (Wildman–Crippen MR) is 95.6 cm³/mol. The third kappa shape index (κ3) is 2.99. The van der Waals surface area contributed by atoms with E-state index in [1.54, 1.807) is 0 Å². The van der Waals surface area contributed by atoms with Crippen molar-refractivity contribution in [1.29, 1.82) is 0 Å². The molecule has 0 saturated carbocycles. The summed E-state index contributed by atoms with van der Waals surface area (Å²) in [6.07, 6.45) is 0. The first-order valence-corrected chi connectivity index (χ1v) is 9.14. The number of hydrogen-bond acceptors (Lipinski definition) is 5. The first-order valence-electron chi connectivity index (χ1n) is 8.26. The van der Waals surface area contributed by atoms with Gasteiger partial charge in [-0.3, -0.25) is 14.5 Å². The number of ether oxygens (including phenoxy) is 1. The molecule has 3 heterocycles. The molecule has 0 N–H and O–H groups in total. The highest BCUT2D eigenvalue weighted by molar-refractivity contribution is 7.11. The zero-order valence-corrected chi connectivity index (χ0v) is 14.5. The lowest BCUT2D eigenvalue weighted by molar-refractivity contribution is -0.138. The van der Waals surface area contributed by atoms with Gasteiger partial charge in [0.1, 0.15) is 5.70 Å². The van der Waals surface area contributed by atoms with Gasteiger partial charge < -0.3 is 9.64 Å². The Labute approximate surface area is 150 Å². The van der Waals surface area contributed by atoms with Gasteiger partial charge in [0.25, 0.3) is 11.8 Å². The Balaban J connectivity index is 1.71. The molecule has 128 valence electrons. The van der Waals surface area contributed by atoms with Gasteiger partial charge in [-0.25, -0.2) is 0 Å². The van der Waals surface area contributed by atoms with Crippen LogP contribution in [0, 0.1) is 0 Å². The lowest BCUT2D eigenvalue weighted by atomic mass is 10.1. The minimum absolute atomic E-state index is 0.209. The normalized spacial score (nSPS) is 18.4. The summed E-state index contributed by atoms with van der Waals surface area (Å²) in [4.78, 5) is 30.4. The molecule has 1 aromatic heterocycles. The molecule has 25 heavy (non-hydrogen) atoms. The number of carbonyl (C=O) groups excluding carboxylic acids is 2. The minimum Gasteiger partial charge on any atom is -0.378 e. The first kappa shape index (κ1) is 16.1. The highest BCUT2D eigenvalue weighted by Crippen LogP contribution is 2.34. The number of rotatable bonds is 4. The molecule has 6 heteroatoms. The van der Waals surface area contributed by atoms with Crippen LogP contribution in [0.1, 0.15) is 10.4 Å². The smallest absolute Gasteiger partial charge is 0.278 e. The summed E-state index contributed by atoms with van der Waals surface area (Å²) in [5, 5.41) is 1.93. The van der Waals surface area contributed by atoms with Crippen LogP contribution in [-0.4, -0.2) is 47.9 Å². The largest absolute Gasteiger partial charge is 0.378 e. The van der Waals surface area contributed by atoms with Crippen molar-refractivity contribution < 1.29 is 14.3 Å². The number of imide groups is 1. The van der Waals surface area contributed by atoms with Crippen molar-refractivity contribution in [2.45, 2.75) is 6.54 Å². The summed E-state index contributed by atoms with van der Waals surface area (Å²) < 4.78 is 5.40. The van der Waals surface area contributed by atoms with Crippen molar-refractivity contribution in [3.05, 3.63) is 64.0 Å². The fourth-order valence-electron chi connectivity index (χ4n) is 3.20. The maximum absolute atomic E-state index is 13.1. The van der Waals surface area contributed by atoms with Crippen LogP contribution in [0.3, 0.4) is 0 Å². The van der Waals surface area contributed by atoms with Gasteiger partial charge in [0.05, 0.1) is 25.3 Å². The van der Waals surface area contributed by atoms with Crippen LogP contribution in [0.25, 0.3) is 5.57 Å². The van der Waals surface area contributed by atoms with Crippen LogP contribution in [-0.2, 0) is 20.9 Å². The Bertz CT molecular complexity index is 808. The van der Waals surface area contributed by atoms with Gasteiger partial charge >= 0.3 is 0 Å².